The second kappa shape index (κ2) is 9.77. The molecule has 0 aromatic rings. The van der Waals surface area contributed by atoms with Crippen molar-refractivity contribution in [1.82, 2.24) is 10.2 Å². The van der Waals surface area contributed by atoms with Crippen LogP contribution in [0.4, 0.5) is 0 Å². The van der Waals surface area contributed by atoms with Crippen molar-refractivity contribution in [2.45, 2.75) is 70.6 Å². The SMILES string of the molecule is C1CCCC(CCNCCCN2CCCCC2)CC1. The molecule has 1 N–H and O–H groups in total. The lowest BCUT2D eigenvalue weighted by molar-refractivity contribution is 0.225. The number of nitrogens with zero attached hydrogens (tertiary/aromatic N) is 1. The third-order valence-electron chi connectivity index (χ3n) is 4.98. The topological polar surface area (TPSA) is 15.3 Å². The molecule has 2 aliphatic rings. The fourth-order valence-corrected chi connectivity index (χ4v) is 3.69. The minimum absolute atomic E-state index is 1.03. The Morgan fingerprint density at radius 2 is 1.47 bits per heavy atom. The predicted molar refractivity (Wildman–Crippen MR) is 83.6 cm³/mol. The fraction of sp³-hybridized carbons (Fsp3) is 1.00. The van der Waals surface area contributed by atoms with Crippen LogP contribution in [0.3, 0.4) is 0 Å². The summed E-state index contributed by atoms with van der Waals surface area (Å²) in [6, 6.07) is 0. The number of hydrogen-bond acceptors (Lipinski definition) is 2. The fourth-order valence-electron chi connectivity index (χ4n) is 3.69. The van der Waals surface area contributed by atoms with Gasteiger partial charge in [0.05, 0.1) is 0 Å². The Morgan fingerprint density at radius 1 is 0.789 bits per heavy atom. The molecule has 1 saturated carbocycles. The van der Waals surface area contributed by atoms with Gasteiger partial charge in [-0.2, -0.15) is 0 Å². The van der Waals surface area contributed by atoms with Crippen LogP contribution in [-0.4, -0.2) is 37.6 Å². The minimum Gasteiger partial charge on any atom is -0.317 e. The van der Waals surface area contributed by atoms with Gasteiger partial charge in [0.15, 0.2) is 0 Å². The summed E-state index contributed by atoms with van der Waals surface area (Å²) >= 11 is 0. The molecule has 0 bridgehead atoms. The summed E-state index contributed by atoms with van der Waals surface area (Å²) in [5.74, 6) is 1.03. The van der Waals surface area contributed by atoms with Gasteiger partial charge in [-0.15, -0.1) is 0 Å². The van der Waals surface area contributed by atoms with Gasteiger partial charge < -0.3 is 10.2 Å². The highest BCUT2D eigenvalue weighted by Gasteiger charge is 2.11. The average molecular weight is 266 g/mol. The van der Waals surface area contributed by atoms with E-state index < -0.39 is 0 Å². The first kappa shape index (κ1) is 15.3. The molecule has 1 saturated heterocycles. The number of hydrogen-bond donors (Lipinski definition) is 1. The molecule has 2 rings (SSSR count). The second-order valence-corrected chi connectivity index (χ2v) is 6.65. The van der Waals surface area contributed by atoms with E-state index in [0.717, 1.165) is 5.92 Å². The third-order valence-corrected chi connectivity index (χ3v) is 4.98. The lowest BCUT2D eigenvalue weighted by Crippen LogP contribution is -2.32. The molecule has 0 unspecified atom stereocenters. The van der Waals surface area contributed by atoms with Crippen LogP contribution in [0.2, 0.25) is 0 Å². The number of rotatable bonds is 7. The zero-order valence-electron chi connectivity index (χ0n) is 12.8. The zero-order valence-corrected chi connectivity index (χ0v) is 12.8. The number of piperidine rings is 1. The van der Waals surface area contributed by atoms with E-state index in [1.165, 1.54) is 103 Å². The van der Waals surface area contributed by atoms with Crippen LogP contribution < -0.4 is 5.32 Å². The van der Waals surface area contributed by atoms with E-state index in [1.807, 2.05) is 0 Å². The standard InChI is InChI=1S/C17H34N2/c1-2-5-10-17(9-4-1)11-13-18-12-8-16-19-14-6-3-7-15-19/h17-18H,1-16H2. The van der Waals surface area contributed by atoms with Gasteiger partial charge in [0.1, 0.15) is 0 Å². The average Bonchev–Trinajstić information content (AvgIpc) is 2.72. The van der Waals surface area contributed by atoms with Crippen molar-refractivity contribution in [2.24, 2.45) is 5.92 Å². The molecule has 0 aromatic heterocycles. The van der Waals surface area contributed by atoms with Gasteiger partial charge in [0, 0.05) is 0 Å². The van der Waals surface area contributed by atoms with E-state index >= 15 is 0 Å². The van der Waals surface area contributed by atoms with Crippen LogP contribution in [-0.2, 0) is 0 Å². The lowest BCUT2D eigenvalue weighted by Gasteiger charge is -2.26. The largest absolute Gasteiger partial charge is 0.317 e. The van der Waals surface area contributed by atoms with E-state index in [2.05, 4.69) is 10.2 Å². The Balaban J connectivity index is 1.41. The van der Waals surface area contributed by atoms with Gasteiger partial charge in [-0.1, -0.05) is 44.9 Å². The summed E-state index contributed by atoms with van der Waals surface area (Å²) in [5, 5.41) is 3.67. The van der Waals surface area contributed by atoms with E-state index in [0.29, 0.717) is 0 Å². The molecule has 0 atom stereocenters. The Labute approximate surface area is 120 Å². The van der Waals surface area contributed by atoms with Crippen LogP contribution in [0, 0.1) is 5.92 Å². The predicted octanol–water partition coefficient (Wildman–Crippen LogP) is 3.81. The van der Waals surface area contributed by atoms with Crippen LogP contribution in [0.25, 0.3) is 0 Å². The van der Waals surface area contributed by atoms with Gasteiger partial charge in [0.2, 0.25) is 0 Å². The molecule has 2 heteroatoms. The van der Waals surface area contributed by atoms with Gasteiger partial charge >= 0.3 is 0 Å². The van der Waals surface area contributed by atoms with Crippen molar-refractivity contribution in [1.29, 1.82) is 0 Å². The Morgan fingerprint density at radius 3 is 2.21 bits per heavy atom. The second-order valence-electron chi connectivity index (χ2n) is 6.65. The van der Waals surface area contributed by atoms with Crippen LogP contribution in [0.1, 0.15) is 70.6 Å². The van der Waals surface area contributed by atoms with E-state index in [1.54, 1.807) is 0 Å². The number of nitrogens with one attached hydrogen (secondary N) is 1. The maximum Gasteiger partial charge on any atom is -0.000664 e. The van der Waals surface area contributed by atoms with E-state index in [9.17, 15) is 0 Å². The molecule has 112 valence electrons. The molecule has 0 amide bonds. The lowest BCUT2D eigenvalue weighted by atomic mass is 9.97. The summed E-state index contributed by atoms with van der Waals surface area (Å²) in [7, 11) is 0. The Bertz CT molecular complexity index is 203. The molecule has 0 spiro atoms. The molecule has 19 heavy (non-hydrogen) atoms. The molecule has 0 radical (unpaired) electrons. The highest BCUT2D eigenvalue weighted by atomic mass is 15.1. The van der Waals surface area contributed by atoms with Crippen molar-refractivity contribution in [3.63, 3.8) is 0 Å². The van der Waals surface area contributed by atoms with E-state index in [4.69, 9.17) is 0 Å². The first-order valence-electron chi connectivity index (χ1n) is 8.88. The van der Waals surface area contributed by atoms with Gasteiger partial charge in [0.25, 0.3) is 0 Å². The number of likely N-dealkylation sites (tertiary alicyclic amines) is 1. The zero-order chi connectivity index (χ0) is 13.2. The molecule has 1 heterocycles. The van der Waals surface area contributed by atoms with Crippen LogP contribution in [0.5, 0.6) is 0 Å². The molecular formula is C17H34N2. The highest BCUT2D eigenvalue weighted by molar-refractivity contribution is 4.67. The van der Waals surface area contributed by atoms with Gasteiger partial charge in [-0.05, 0) is 64.3 Å². The van der Waals surface area contributed by atoms with Gasteiger partial charge in [-0.25, -0.2) is 0 Å². The van der Waals surface area contributed by atoms with Crippen LogP contribution in [0.15, 0.2) is 0 Å². The first-order chi connectivity index (χ1) is 9.45. The Hall–Kier alpha value is -0.0800. The third kappa shape index (κ3) is 6.76. The molecule has 2 nitrogen and oxygen atoms in total. The Kier molecular flexibility index (Phi) is 7.87. The van der Waals surface area contributed by atoms with Crippen molar-refractivity contribution in [3.8, 4) is 0 Å². The van der Waals surface area contributed by atoms with Gasteiger partial charge in [-0.3, -0.25) is 0 Å². The summed E-state index contributed by atoms with van der Waals surface area (Å²) in [4.78, 5) is 2.65. The summed E-state index contributed by atoms with van der Waals surface area (Å²) in [6.45, 7) is 6.49. The summed E-state index contributed by atoms with van der Waals surface area (Å²) in [5.41, 5.74) is 0. The molecule has 0 aromatic carbocycles. The quantitative estimate of drug-likeness (QED) is 0.557. The molecule has 1 aliphatic heterocycles. The summed E-state index contributed by atoms with van der Waals surface area (Å²) < 4.78 is 0. The first-order valence-corrected chi connectivity index (χ1v) is 8.88. The van der Waals surface area contributed by atoms with Crippen molar-refractivity contribution >= 4 is 0 Å². The minimum atomic E-state index is 1.03. The van der Waals surface area contributed by atoms with Crippen molar-refractivity contribution in [2.75, 3.05) is 32.7 Å². The monoisotopic (exact) mass is 266 g/mol. The smallest absolute Gasteiger partial charge is 0.000664 e. The normalized spacial score (nSPS) is 23.4. The molecule has 2 fully saturated rings. The van der Waals surface area contributed by atoms with E-state index in [-0.39, 0.29) is 0 Å². The molecule has 1 aliphatic carbocycles. The maximum atomic E-state index is 3.67. The highest BCUT2D eigenvalue weighted by Crippen LogP contribution is 2.24. The van der Waals surface area contributed by atoms with Crippen LogP contribution >= 0.6 is 0 Å². The summed E-state index contributed by atoms with van der Waals surface area (Å²) in [6.07, 6.45) is 16.0. The van der Waals surface area contributed by atoms with Crippen molar-refractivity contribution < 1.29 is 0 Å². The maximum absolute atomic E-state index is 3.67. The molecular weight excluding hydrogens is 232 g/mol. The van der Waals surface area contributed by atoms with Crippen molar-refractivity contribution in [3.05, 3.63) is 0 Å².